The summed E-state index contributed by atoms with van der Waals surface area (Å²) < 4.78 is 23.4. The molecule has 3 atom stereocenters. The third kappa shape index (κ3) is 5.01. The van der Waals surface area contributed by atoms with Gasteiger partial charge in [0.2, 0.25) is 11.8 Å². The number of anilines is 1. The highest BCUT2D eigenvalue weighted by Crippen LogP contribution is 2.38. The molecule has 0 aromatic heterocycles. The first kappa shape index (κ1) is 23.6. The van der Waals surface area contributed by atoms with Crippen molar-refractivity contribution >= 4 is 27.3 Å². The fourth-order valence-corrected chi connectivity index (χ4v) is 5.73. The number of rotatable bonds is 5. The summed E-state index contributed by atoms with van der Waals surface area (Å²) in [5.41, 5.74) is 0.218. The predicted molar refractivity (Wildman–Crippen MR) is 124 cm³/mol. The van der Waals surface area contributed by atoms with Gasteiger partial charge in [0, 0.05) is 49.5 Å². The Morgan fingerprint density at radius 2 is 1.73 bits per heavy atom. The Labute approximate surface area is 195 Å². The average Bonchev–Trinajstić information content (AvgIpc) is 3.58. The van der Waals surface area contributed by atoms with Crippen LogP contribution in [0.4, 0.5) is 5.69 Å². The lowest BCUT2D eigenvalue weighted by molar-refractivity contribution is -0.145. The Hall–Kier alpha value is -2.60. The van der Waals surface area contributed by atoms with Gasteiger partial charge >= 0.3 is 0 Å². The van der Waals surface area contributed by atoms with Crippen molar-refractivity contribution in [2.24, 2.45) is 11.8 Å². The summed E-state index contributed by atoms with van der Waals surface area (Å²) in [6, 6.07) is 9.03. The summed E-state index contributed by atoms with van der Waals surface area (Å²) in [5.74, 6) is -0.817. The number of hydrogen-bond acceptors (Lipinski definition) is 6. The van der Waals surface area contributed by atoms with Crippen LogP contribution >= 0.6 is 0 Å². The number of piperazine rings is 1. The highest BCUT2D eigenvalue weighted by Gasteiger charge is 2.48. The van der Waals surface area contributed by atoms with E-state index in [0.717, 1.165) is 18.5 Å². The van der Waals surface area contributed by atoms with Gasteiger partial charge in [-0.2, -0.15) is 5.26 Å². The van der Waals surface area contributed by atoms with Crippen LogP contribution in [0.2, 0.25) is 0 Å². The van der Waals surface area contributed by atoms with Crippen molar-refractivity contribution in [1.29, 1.82) is 5.26 Å². The summed E-state index contributed by atoms with van der Waals surface area (Å²) in [6.45, 7) is 3.86. The van der Waals surface area contributed by atoms with Crippen LogP contribution < -0.4 is 10.2 Å². The summed E-state index contributed by atoms with van der Waals surface area (Å²) in [7, 11) is -3.24. The van der Waals surface area contributed by atoms with Crippen molar-refractivity contribution in [2.45, 2.75) is 61.9 Å². The number of hydrogen-bond donors (Lipinski definition) is 1. The third-order valence-electron chi connectivity index (χ3n) is 7.29. The van der Waals surface area contributed by atoms with E-state index < -0.39 is 15.4 Å². The number of carbonyl (C=O) groups is 2. The van der Waals surface area contributed by atoms with Crippen LogP contribution in [-0.2, 0) is 19.4 Å². The first-order chi connectivity index (χ1) is 15.6. The van der Waals surface area contributed by atoms with Crippen molar-refractivity contribution in [2.75, 3.05) is 30.8 Å². The van der Waals surface area contributed by atoms with Crippen molar-refractivity contribution in [3.8, 4) is 6.07 Å². The van der Waals surface area contributed by atoms with E-state index in [1.807, 2.05) is 24.0 Å². The fourth-order valence-electron chi connectivity index (χ4n) is 5.10. The van der Waals surface area contributed by atoms with Gasteiger partial charge in [0.1, 0.15) is 5.54 Å². The Morgan fingerprint density at radius 1 is 1.09 bits per heavy atom. The monoisotopic (exact) mass is 472 g/mol. The molecule has 1 saturated heterocycles. The number of nitrogens with one attached hydrogen (secondary N) is 1. The molecule has 1 heterocycles. The molecule has 4 rings (SSSR count). The van der Waals surface area contributed by atoms with Crippen LogP contribution in [0.25, 0.3) is 0 Å². The van der Waals surface area contributed by atoms with Crippen molar-refractivity contribution in [3.05, 3.63) is 24.3 Å². The first-order valence-electron chi connectivity index (χ1n) is 11.7. The summed E-state index contributed by atoms with van der Waals surface area (Å²) >= 11 is 0. The number of nitriles is 1. The van der Waals surface area contributed by atoms with Crippen molar-refractivity contribution in [1.82, 2.24) is 10.2 Å². The molecule has 2 saturated carbocycles. The third-order valence-corrected chi connectivity index (χ3v) is 8.42. The van der Waals surface area contributed by atoms with E-state index in [4.69, 9.17) is 0 Å². The standard InChI is InChI=1S/C24H32N4O4S/c1-17-15-27(18-7-9-19(10-8-18)33(2,31)32)13-14-28(17)23(30)21-6-4-3-5-20(21)22(29)26-24(16-25)11-12-24/h7-10,17,20-21H,3-6,11-15H2,1-2H3,(H,26,29)/t17-,20+,21+/m0/s1. The number of amides is 2. The van der Waals surface area contributed by atoms with Gasteiger partial charge in [-0.1, -0.05) is 12.8 Å². The fraction of sp³-hybridized carbons (Fsp3) is 0.625. The van der Waals surface area contributed by atoms with Gasteiger partial charge in [0.25, 0.3) is 0 Å². The van der Waals surface area contributed by atoms with E-state index >= 15 is 0 Å². The zero-order chi connectivity index (χ0) is 23.8. The predicted octanol–water partition coefficient (Wildman–Crippen LogP) is 2.11. The molecule has 178 valence electrons. The van der Waals surface area contributed by atoms with Gasteiger partial charge in [-0.3, -0.25) is 9.59 Å². The average molecular weight is 473 g/mol. The van der Waals surface area contributed by atoms with Gasteiger partial charge in [0.05, 0.1) is 11.0 Å². The summed E-state index contributed by atoms with van der Waals surface area (Å²) in [4.78, 5) is 30.8. The second-order valence-corrected chi connectivity index (χ2v) is 11.8. The molecule has 2 amide bonds. The number of sulfone groups is 1. The Balaban J connectivity index is 1.41. The molecule has 1 aliphatic heterocycles. The molecule has 3 aliphatic rings. The van der Waals surface area contributed by atoms with Gasteiger partial charge in [-0.25, -0.2) is 8.42 Å². The lowest BCUT2D eigenvalue weighted by Crippen LogP contribution is -2.57. The van der Waals surface area contributed by atoms with Gasteiger partial charge in [-0.15, -0.1) is 0 Å². The summed E-state index contributed by atoms with van der Waals surface area (Å²) in [6.07, 6.45) is 5.81. The molecule has 0 spiro atoms. The highest BCUT2D eigenvalue weighted by molar-refractivity contribution is 7.90. The minimum absolute atomic E-state index is 0.0274. The maximum absolute atomic E-state index is 13.5. The van der Waals surface area contributed by atoms with Crippen LogP contribution in [0.15, 0.2) is 29.2 Å². The Bertz CT molecular complexity index is 1060. The number of nitrogens with zero attached hydrogens (tertiary/aromatic N) is 3. The van der Waals surface area contributed by atoms with E-state index in [1.165, 1.54) is 6.26 Å². The normalized spacial score (nSPS) is 26.9. The zero-order valence-electron chi connectivity index (χ0n) is 19.3. The molecule has 1 aromatic carbocycles. The van der Waals surface area contributed by atoms with Crippen LogP contribution in [-0.4, -0.2) is 62.6 Å². The lowest BCUT2D eigenvalue weighted by Gasteiger charge is -2.43. The number of carbonyl (C=O) groups excluding carboxylic acids is 2. The minimum atomic E-state index is -3.24. The Morgan fingerprint density at radius 3 is 2.27 bits per heavy atom. The smallest absolute Gasteiger partial charge is 0.226 e. The van der Waals surface area contributed by atoms with E-state index in [0.29, 0.717) is 50.2 Å². The molecule has 2 aliphatic carbocycles. The topological polar surface area (TPSA) is 111 Å². The largest absolute Gasteiger partial charge is 0.368 e. The van der Waals surface area contributed by atoms with Gasteiger partial charge in [0.15, 0.2) is 9.84 Å². The molecular weight excluding hydrogens is 440 g/mol. The van der Waals surface area contributed by atoms with E-state index in [2.05, 4.69) is 16.3 Å². The molecule has 0 bridgehead atoms. The van der Waals surface area contributed by atoms with Crippen molar-refractivity contribution in [3.63, 3.8) is 0 Å². The molecule has 9 heteroatoms. The molecule has 1 aromatic rings. The molecule has 0 radical (unpaired) electrons. The second-order valence-electron chi connectivity index (χ2n) is 9.77. The van der Waals surface area contributed by atoms with Crippen LogP contribution in [0.3, 0.4) is 0 Å². The minimum Gasteiger partial charge on any atom is -0.368 e. The van der Waals surface area contributed by atoms with Crippen LogP contribution in [0.1, 0.15) is 45.4 Å². The molecule has 0 unspecified atom stereocenters. The molecule has 8 nitrogen and oxygen atoms in total. The summed E-state index contributed by atoms with van der Waals surface area (Å²) in [5, 5.41) is 12.2. The molecule has 1 N–H and O–H groups in total. The Kier molecular flexibility index (Phi) is 6.41. The second kappa shape index (κ2) is 8.98. The number of benzene rings is 1. The van der Waals surface area contributed by atoms with Crippen LogP contribution in [0.5, 0.6) is 0 Å². The van der Waals surface area contributed by atoms with E-state index in [1.54, 1.807) is 12.1 Å². The van der Waals surface area contributed by atoms with Crippen molar-refractivity contribution < 1.29 is 18.0 Å². The van der Waals surface area contributed by atoms with E-state index in [9.17, 15) is 23.3 Å². The maximum atomic E-state index is 13.5. The maximum Gasteiger partial charge on any atom is 0.226 e. The molecular formula is C24H32N4O4S. The van der Waals surface area contributed by atoms with Gasteiger partial charge in [-0.05, 0) is 56.9 Å². The van der Waals surface area contributed by atoms with Gasteiger partial charge < -0.3 is 15.1 Å². The molecule has 3 fully saturated rings. The highest BCUT2D eigenvalue weighted by atomic mass is 32.2. The van der Waals surface area contributed by atoms with Crippen LogP contribution in [0, 0.1) is 23.2 Å². The quantitative estimate of drug-likeness (QED) is 0.703. The lowest BCUT2D eigenvalue weighted by atomic mass is 9.77. The molecule has 33 heavy (non-hydrogen) atoms. The van der Waals surface area contributed by atoms with E-state index in [-0.39, 0.29) is 29.7 Å². The zero-order valence-corrected chi connectivity index (χ0v) is 20.1. The SMILES string of the molecule is C[C@H]1CN(c2ccc(S(C)(=O)=O)cc2)CCN1C(=O)[C@@H]1CCCC[C@H]1C(=O)NC1(C#N)CC1. The first-order valence-corrected chi connectivity index (χ1v) is 13.6.